The Kier molecular flexibility index (Phi) is 3.57. The fourth-order valence-electron chi connectivity index (χ4n) is 2.52. The van der Waals surface area contributed by atoms with Crippen molar-refractivity contribution in [1.29, 1.82) is 5.26 Å². The number of nitrogens with zero attached hydrogens (tertiary/aromatic N) is 2. The zero-order valence-corrected chi connectivity index (χ0v) is 11.8. The molecule has 3 nitrogen and oxygen atoms in total. The van der Waals surface area contributed by atoms with Crippen molar-refractivity contribution in [2.24, 2.45) is 0 Å². The van der Waals surface area contributed by atoms with Crippen molar-refractivity contribution in [2.45, 2.75) is 32.6 Å². The van der Waals surface area contributed by atoms with Crippen molar-refractivity contribution in [1.82, 2.24) is 4.98 Å². The highest BCUT2D eigenvalue weighted by Crippen LogP contribution is 2.29. The maximum Gasteiger partial charge on any atom is 0.237 e. The fourth-order valence-corrected chi connectivity index (χ4v) is 2.52. The summed E-state index contributed by atoms with van der Waals surface area (Å²) in [5, 5.41) is 9.25. The van der Waals surface area contributed by atoms with Gasteiger partial charge >= 0.3 is 0 Å². The van der Waals surface area contributed by atoms with Crippen molar-refractivity contribution in [3.63, 3.8) is 0 Å². The molecule has 0 fully saturated rings. The van der Waals surface area contributed by atoms with Gasteiger partial charge in [0.25, 0.3) is 0 Å². The summed E-state index contributed by atoms with van der Waals surface area (Å²) in [5.74, 6) is 0.295. The van der Waals surface area contributed by atoms with E-state index in [2.05, 4.69) is 11.1 Å². The zero-order chi connectivity index (χ0) is 14.8. The summed E-state index contributed by atoms with van der Waals surface area (Å²) in [5.41, 5.74) is 3.07. The summed E-state index contributed by atoms with van der Waals surface area (Å²) in [6, 6.07) is 8.61. The van der Waals surface area contributed by atoms with Gasteiger partial charge in [0.05, 0.1) is 0 Å². The standard InChI is InChI=1S/C17H15FN2O/c1-11-6-7-14(9-15(11)18)21-17-13(10-19)8-12-4-2-3-5-16(12)20-17/h6-9H,2-5H2,1H3. The summed E-state index contributed by atoms with van der Waals surface area (Å²) in [6.45, 7) is 1.69. The quantitative estimate of drug-likeness (QED) is 0.834. The average molecular weight is 282 g/mol. The van der Waals surface area contributed by atoms with Crippen LogP contribution in [0, 0.1) is 24.1 Å². The summed E-state index contributed by atoms with van der Waals surface area (Å²) in [7, 11) is 0. The second-order valence-electron chi connectivity index (χ2n) is 5.28. The van der Waals surface area contributed by atoms with Crippen LogP contribution in [-0.2, 0) is 12.8 Å². The lowest BCUT2D eigenvalue weighted by Crippen LogP contribution is -2.07. The fraction of sp³-hybridized carbons (Fsp3) is 0.294. The minimum atomic E-state index is -0.330. The third-order valence-corrected chi connectivity index (χ3v) is 3.74. The Balaban J connectivity index is 1.97. The predicted octanol–water partition coefficient (Wildman–Crippen LogP) is 4.07. The van der Waals surface area contributed by atoms with Crippen molar-refractivity contribution < 1.29 is 9.13 Å². The highest BCUT2D eigenvalue weighted by Gasteiger charge is 2.16. The smallest absolute Gasteiger partial charge is 0.237 e. The number of nitriles is 1. The number of aromatic nitrogens is 1. The Morgan fingerprint density at radius 2 is 2.05 bits per heavy atom. The van der Waals surface area contributed by atoms with E-state index in [4.69, 9.17) is 4.74 Å². The molecule has 0 bridgehead atoms. The van der Waals surface area contributed by atoms with E-state index in [0.29, 0.717) is 16.9 Å². The predicted molar refractivity (Wildman–Crippen MR) is 76.8 cm³/mol. The number of halogens is 1. The summed E-state index contributed by atoms with van der Waals surface area (Å²) < 4.78 is 19.2. The van der Waals surface area contributed by atoms with Crippen molar-refractivity contribution in [3.8, 4) is 17.7 Å². The molecule has 1 heterocycles. The van der Waals surface area contributed by atoms with Crippen LogP contribution >= 0.6 is 0 Å². The summed E-state index contributed by atoms with van der Waals surface area (Å²) in [4.78, 5) is 4.46. The largest absolute Gasteiger partial charge is 0.438 e. The molecule has 21 heavy (non-hydrogen) atoms. The first kappa shape index (κ1) is 13.6. The van der Waals surface area contributed by atoms with Crippen LogP contribution < -0.4 is 4.74 Å². The van der Waals surface area contributed by atoms with Crippen molar-refractivity contribution in [3.05, 3.63) is 52.5 Å². The molecule has 106 valence electrons. The van der Waals surface area contributed by atoms with E-state index in [1.54, 1.807) is 19.1 Å². The van der Waals surface area contributed by atoms with E-state index in [9.17, 15) is 9.65 Å². The maximum atomic E-state index is 13.6. The van der Waals surface area contributed by atoms with Gasteiger partial charge in [-0.3, -0.25) is 0 Å². The van der Waals surface area contributed by atoms with Crippen LogP contribution in [0.4, 0.5) is 4.39 Å². The van der Waals surface area contributed by atoms with E-state index >= 15 is 0 Å². The number of ether oxygens (including phenoxy) is 1. The Morgan fingerprint density at radius 3 is 2.81 bits per heavy atom. The van der Waals surface area contributed by atoms with Gasteiger partial charge in [-0.15, -0.1) is 0 Å². The van der Waals surface area contributed by atoms with Gasteiger partial charge < -0.3 is 4.74 Å². The molecule has 0 radical (unpaired) electrons. The lowest BCUT2D eigenvalue weighted by atomic mass is 9.95. The average Bonchev–Trinajstić information content (AvgIpc) is 2.50. The van der Waals surface area contributed by atoms with Crippen LogP contribution in [0.3, 0.4) is 0 Å². The molecule has 4 heteroatoms. The molecule has 1 aromatic carbocycles. The molecule has 0 N–H and O–H groups in total. The Labute approximate surface area is 123 Å². The monoisotopic (exact) mass is 282 g/mol. The molecule has 0 spiro atoms. The molecular weight excluding hydrogens is 267 g/mol. The molecule has 0 aliphatic heterocycles. The molecule has 2 aromatic rings. The van der Waals surface area contributed by atoms with Crippen LogP contribution in [-0.4, -0.2) is 4.98 Å². The van der Waals surface area contributed by atoms with Gasteiger partial charge in [-0.2, -0.15) is 5.26 Å². The van der Waals surface area contributed by atoms with Crippen molar-refractivity contribution in [2.75, 3.05) is 0 Å². The number of benzene rings is 1. The van der Waals surface area contributed by atoms with E-state index in [-0.39, 0.29) is 11.7 Å². The van der Waals surface area contributed by atoms with E-state index in [1.807, 2.05) is 6.07 Å². The number of pyridine rings is 1. The normalized spacial score (nSPS) is 13.4. The van der Waals surface area contributed by atoms with Gasteiger partial charge in [-0.1, -0.05) is 6.07 Å². The van der Waals surface area contributed by atoms with Crippen LogP contribution in [0.5, 0.6) is 11.6 Å². The number of hydrogen-bond acceptors (Lipinski definition) is 3. The first-order chi connectivity index (χ1) is 10.2. The van der Waals surface area contributed by atoms with Crippen LogP contribution in [0.25, 0.3) is 0 Å². The third-order valence-electron chi connectivity index (χ3n) is 3.74. The first-order valence-corrected chi connectivity index (χ1v) is 7.04. The lowest BCUT2D eigenvalue weighted by Gasteiger charge is -2.16. The molecule has 0 saturated carbocycles. The van der Waals surface area contributed by atoms with E-state index in [1.165, 1.54) is 6.07 Å². The highest BCUT2D eigenvalue weighted by molar-refractivity contribution is 5.45. The highest BCUT2D eigenvalue weighted by atomic mass is 19.1. The number of rotatable bonds is 2. The molecular formula is C17H15FN2O. The molecule has 0 amide bonds. The lowest BCUT2D eigenvalue weighted by molar-refractivity contribution is 0.451. The Hall–Kier alpha value is -2.41. The molecule has 3 rings (SSSR count). The van der Waals surface area contributed by atoms with E-state index < -0.39 is 0 Å². The maximum absolute atomic E-state index is 13.6. The van der Waals surface area contributed by atoms with Gasteiger partial charge in [0.1, 0.15) is 23.2 Å². The number of fused-ring (bicyclic) bond motifs is 1. The van der Waals surface area contributed by atoms with Gasteiger partial charge in [0.2, 0.25) is 5.88 Å². The second kappa shape index (κ2) is 5.53. The second-order valence-corrected chi connectivity index (χ2v) is 5.28. The summed E-state index contributed by atoms with van der Waals surface area (Å²) >= 11 is 0. The van der Waals surface area contributed by atoms with Crippen molar-refractivity contribution >= 4 is 0 Å². The number of aryl methyl sites for hydroxylation is 3. The molecule has 1 aliphatic carbocycles. The topological polar surface area (TPSA) is 45.9 Å². The van der Waals surface area contributed by atoms with Gasteiger partial charge in [0.15, 0.2) is 0 Å². The van der Waals surface area contributed by atoms with Gasteiger partial charge in [0, 0.05) is 11.8 Å². The van der Waals surface area contributed by atoms with E-state index in [0.717, 1.165) is 36.9 Å². The molecule has 0 atom stereocenters. The third kappa shape index (κ3) is 2.73. The first-order valence-electron chi connectivity index (χ1n) is 7.04. The Bertz CT molecular complexity index is 734. The molecule has 1 aromatic heterocycles. The Morgan fingerprint density at radius 1 is 1.24 bits per heavy atom. The molecule has 0 unspecified atom stereocenters. The summed E-state index contributed by atoms with van der Waals surface area (Å²) in [6.07, 6.45) is 4.09. The minimum Gasteiger partial charge on any atom is -0.438 e. The molecule has 1 aliphatic rings. The molecule has 0 saturated heterocycles. The van der Waals surface area contributed by atoms with Gasteiger partial charge in [-0.05, 0) is 55.9 Å². The number of hydrogen-bond donors (Lipinski definition) is 0. The van der Waals surface area contributed by atoms with Crippen LogP contribution in [0.2, 0.25) is 0 Å². The van der Waals surface area contributed by atoms with Crippen LogP contribution in [0.15, 0.2) is 24.3 Å². The zero-order valence-electron chi connectivity index (χ0n) is 11.8. The van der Waals surface area contributed by atoms with Crippen LogP contribution in [0.1, 0.15) is 35.2 Å². The van der Waals surface area contributed by atoms with Gasteiger partial charge in [-0.25, -0.2) is 9.37 Å². The SMILES string of the molecule is Cc1ccc(Oc2nc3c(cc2C#N)CCCC3)cc1F. The minimum absolute atomic E-state index is 0.265.